The first kappa shape index (κ1) is 15.4. The van der Waals surface area contributed by atoms with Gasteiger partial charge in [-0.1, -0.05) is 0 Å². The third kappa shape index (κ3) is 3.36. The van der Waals surface area contributed by atoms with E-state index >= 15 is 0 Å². The molecule has 0 aliphatic heterocycles. The van der Waals surface area contributed by atoms with Gasteiger partial charge in [0.1, 0.15) is 0 Å². The van der Waals surface area contributed by atoms with Crippen molar-refractivity contribution in [3.63, 3.8) is 0 Å². The largest absolute Gasteiger partial charge is 0.399 e. The summed E-state index contributed by atoms with van der Waals surface area (Å²) in [4.78, 5) is 0.575. The van der Waals surface area contributed by atoms with Gasteiger partial charge in [0.15, 0.2) is 0 Å². The highest BCUT2D eigenvalue weighted by Gasteiger charge is 2.19. The number of nitrogen functional groups attached to an aromatic ring is 1. The monoisotopic (exact) mass is 304 g/mol. The van der Waals surface area contributed by atoms with Crippen molar-refractivity contribution in [1.29, 1.82) is 0 Å². The van der Waals surface area contributed by atoms with Crippen LogP contribution in [-0.2, 0) is 9.84 Å². The smallest absolute Gasteiger partial charge is 0.206 e. The summed E-state index contributed by atoms with van der Waals surface area (Å²) < 4.78 is 25.3. The molecule has 2 aromatic carbocycles. The molecular weight excluding hydrogens is 284 g/mol. The highest BCUT2D eigenvalue weighted by molar-refractivity contribution is 7.91. The van der Waals surface area contributed by atoms with E-state index in [0.717, 1.165) is 11.3 Å². The van der Waals surface area contributed by atoms with Crippen molar-refractivity contribution >= 4 is 21.2 Å². The van der Waals surface area contributed by atoms with Gasteiger partial charge in [-0.15, -0.1) is 0 Å². The molecule has 0 spiro atoms. The van der Waals surface area contributed by atoms with Crippen LogP contribution < -0.4 is 11.1 Å². The highest BCUT2D eigenvalue weighted by Crippen LogP contribution is 2.26. The topological polar surface area (TPSA) is 72.2 Å². The van der Waals surface area contributed by atoms with Gasteiger partial charge < -0.3 is 11.1 Å². The van der Waals surface area contributed by atoms with Crippen molar-refractivity contribution < 1.29 is 8.42 Å². The Labute approximate surface area is 125 Å². The summed E-state index contributed by atoms with van der Waals surface area (Å²) in [5.74, 6) is 0. The minimum absolute atomic E-state index is 0.254. The number of aryl methyl sites for hydroxylation is 1. The summed E-state index contributed by atoms with van der Waals surface area (Å²) in [5.41, 5.74) is 7.78. The number of hydrogen-bond acceptors (Lipinski definition) is 4. The van der Waals surface area contributed by atoms with Crippen molar-refractivity contribution in [3.8, 4) is 0 Å². The van der Waals surface area contributed by atoms with Crippen LogP contribution in [0.1, 0.15) is 19.4 Å². The molecule has 5 heteroatoms. The molecule has 0 amide bonds. The maximum Gasteiger partial charge on any atom is 0.206 e. The van der Waals surface area contributed by atoms with E-state index in [1.165, 1.54) is 12.1 Å². The van der Waals surface area contributed by atoms with E-state index in [-0.39, 0.29) is 4.90 Å². The van der Waals surface area contributed by atoms with Crippen LogP contribution in [0.2, 0.25) is 0 Å². The van der Waals surface area contributed by atoms with E-state index in [1.54, 1.807) is 31.2 Å². The Balaban J connectivity index is 2.43. The standard InChI is InChI=1S/C16H20N2O2S/c1-11(2)18-14-6-9-16(12(3)10-14)21(19,20)15-7-4-13(17)5-8-15/h4-11,18H,17H2,1-3H3. The van der Waals surface area contributed by atoms with E-state index in [2.05, 4.69) is 5.32 Å². The fourth-order valence-electron chi connectivity index (χ4n) is 2.15. The van der Waals surface area contributed by atoms with E-state index < -0.39 is 9.84 Å². The Bertz CT molecular complexity index is 735. The van der Waals surface area contributed by atoms with Gasteiger partial charge in [-0.3, -0.25) is 0 Å². The number of rotatable bonds is 4. The Morgan fingerprint density at radius 3 is 2.19 bits per heavy atom. The minimum atomic E-state index is -3.51. The molecule has 0 saturated heterocycles. The van der Waals surface area contributed by atoms with Gasteiger partial charge in [-0.25, -0.2) is 8.42 Å². The molecule has 0 unspecified atom stereocenters. The van der Waals surface area contributed by atoms with Crippen LogP contribution in [0, 0.1) is 6.92 Å². The summed E-state index contributed by atoms with van der Waals surface area (Å²) >= 11 is 0. The van der Waals surface area contributed by atoms with Crippen molar-refractivity contribution in [1.82, 2.24) is 0 Å². The summed E-state index contributed by atoms with van der Waals surface area (Å²) in [6.45, 7) is 5.87. The van der Waals surface area contributed by atoms with Crippen LogP contribution in [0.15, 0.2) is 52.3 Å². The first-order valence-corrected chi connectivity index (χ1v) is 8.27. The summed E-state index contributed by atoms with van der Waals surface area (Å²) in [7, 11) is -3.51. The molecule has 0 aliphatic carbocycles. The second kappa shape index (κ2) is 5.77. The van der Waals surface area contributed by atoms with Gasteiger partial charge in [0.25, 0.3) is 0 Å². The number of nitrogens with two attached hydrogens (primary N) is 1. The number of nitrogens with one attached hydrogen (secondary N) is 1. The average Bonchev–Trinajstić information content (AvgIpc) is 2.38. The van der Waals surface area contributed by atoms with E-state index in [0.29, 0.717) is 16.6 Å². The van der Waals surface area contributed by atoms with Crippen LogP contribution in [-0.4, -0.2) is 14.5 Å². The molecule has 0 bridgehead atoms. The lowest BCUT2D eigenvalue weighted by Gasteiger charge is -2.13. The average molecular weight is 304 g/mol. The maximum atomic E-state index is 12.6. The molecule has 112 valence electrons. The third-order valence-electron chi connectivity index (χ3n) is 3.11. The predicted octanol–water partition coefficient (Wildman–Crippen LogP) is 3.23. The SMILES string of the molecule is Cc1cc(NC(C)C)ccc1S(=O)(=O)c1ccc(N)cc1. The summed E-state index contributed by atoms with van der Waals surface area (Å²) in [6.07, 6.45) is 0. The zero-order valence-corrected chi connectivity index (χ0v) is 13.2. The fraction of sp³-hybridized carbons (Fsp3) is 0.250. The molecule has 0 atom stereocenters. The van der Waals surface area contributed by atoms with Crippen LogP contribution in [0.5, 0.6) is 0 Å². The van der Waals surface area contributed by atoms with Crippen LogP contribution in [0.3, 0.4) is 0 Å². The van der Waals surface area contributed by atoms with Gasteiger partial charge in [0.05, 0.1) is 9.79 Å². The van der Waals surface area contributed by atoms with Gasteiger partial charge in [-0.05, 0) is 68.8 Å². The van der Waals surface area contributed by atoms with Gasteiger partial charge in [0.2, 0.25) is 9.84 Å². The molecule has 0 aliphatic rings. The molecule has 4 nitrogen and oxygen atoms in total. The number of hydrogen-bond donors (Lipinski definition) is 2. The number of anilines is 2. The normalized spacial score (nSPS) is 11.6. The third-order valence-corrected chi connectivity index (χ3v) is 5.04. The molecule has 0 radical (unpaired) electrons. The molecule has 0 aromatic heterocycles. The zero-order chi connectivity index (χ0) is 15.6. The van der Waals surface area contributed by atoms with E-state index in [1.807, 2.05) is 19.9 Å². The lowest BCUT2D eigenvalue weighted by atomic mass is 10.2. The Morgan fingerprint density at radius 2 is 1.67 bits per heavy atom. The Kier molecular flexibility index (Phi) is 4.23. The predicted molar refractivity (Wildman–Crippen MR) is 86.2 cm³/mol. The van der Waals surface area contributed by atoms with Crippen molar-refractivity contribution in [2.45, 2.75) is 36.6 Å². The zero-order valence-electron chi connectivity index (χ0n) is 12.4. The lowest BCUT2D eigenvalue weighted by molar-refractivity contribution is 0.595. The first-order chi connectivity index (χ1) is 9.80. The molecule has 2 aromatic rings. The van der Waals surface area contributed by atoms with Crippen molar-refractivity contribution in [2.75, 3.05) is 11.1 Å². The van der Waals surface area contributed by atoms with Crippen LogP contribution >= 0.6 is 0 Å². The molecule has 0 saturated carbocycles. The van der Waals surface area contributed by atoms with E-state index in [9.17, 15) is 8.42 Å². The first-order valence-electron chi connectivity index (χ1n) is 6.78. The molecule has 3 N–H and O–H groups in total. The van der Waals surface area contributed by atoms with Gasteiger partial charge >= 0.3 is 0 Å². The molecule has 0 heterocycles. The second-order valence-electron chi connectivity index (χ2n) is 5.35. The summed E-state index contributed by atoms with van der Waals surface area (Å²) in [5, 5.41) is 3.26. The molecular formula is C16H20N2O2S. The van der Waals surface area contributed by atoms with Gasteiger partial charge in [0, 0.05) is 17.4 Å². The van der Waals surface area contributed by atoms with Crippen LogP contribution in [0.4, 0.5) is 11.4 Å². The maximum absolute atomic E-state index is 12.6. The molecule has 2 rings (SSSR count). The van der Waals surface area contributed by atoms with Crippen molar-refractivity contribution in [2.24, 2.45) is 0 Å². The Morgan fingerprint density at radius 1 is 1.05 bits per heavy atom. The molecule has 0 fully saturated rings. The minimum Gasteiger partial charge on any atom is -0.399 e. The number of sulfone groups is 1. The summed E-state index contributed by atoms with van der Waals surface area (Å²) in [6, 6.07) is 11.8. The second-order valence-corrected chi connectivity index (χ2v) is 7.27. The van der Waals surface area contributed by atoms with E-state index in [4.69, 9.17) is 5.73 Å². The van der Waals surface area contributed by atoms with Gasteiger partial charge in [-0.2, -0.15) is 0 Å². The highest BCUT2D eigenvalue weighted by atomic mass is 32.2. The quantitative estimate of drug-likeness (QED) is 0.851. The molecule has 21 heavy (non-hydrogen) atoms. The van der Waals surface area contributed by atoms with Crippen molar-refractivity contribution in [3.05, 3.63) is 48.0 Å². The Hall–Kier alpha value is -2.01. The number of benzene rings is 2. The van der Waals surface area contributed by atoms with Crippen LogP contribution in [0.25, 0.3) is 0 Å². The fourth-order valence-corrected chi connectivity index (χ4v) is 3.63. The lowest BCUT2D eigenvalue weighted by Crippen LogP contribution is -2.10.